The molecule has 2 heterocycles. The fourth-order valence-corrected chi connectivity index (χ4v) is 2.69. The van der Waals surface area contributed by atoms with E-state index < -0.39 is 0 Å². The van der Waals surface area contributed by atoms with E-state index in [2.05, 4.69) is 39.6 Å². The van der Waals surface area contributed by atoms with Crippen molar-refractivity contribution in [3.8, 4) is 0 Å². The maximum absolute atomic E-state index is 11.9. The maximum Gasteiger partial charge on any atom is 0.236 e. The highest BCUT2D eigenvalue weighted by atomic mass is 16.2. The molecule has 5 nitrogen and oxygen atoms in total. The van der Waals surface area contributed by atoms with Gasteiger partial charge in [0, 0.05) is 43.8 Å². The Morgan fingerprint density at radius 2 is 2.05 bits per heavy atom. The molecular weight excluding hydrogens is 264 g/mol. The number of pyridine rings is 1. The van der Waals surface area contributed by atoms with Crippen LogP contribution in [0.25, 0.3) is 0 Å². The molecule has 0 bridgehead atoms. The van der Waals surface area contributed by atoms with Gasteiger partial charge in [-0.15, -0.1) is 0 Å². The van der Waals surface area contributed by atoms with Crippen molar-refractivity contribution in [2.24, 2.45) is 0 Å². The molecule has 1 aliphatic rings. The molecule has 1 aliphatic heterocycles. The summed E-state index contributed by atoms with van der Waals surface area (Å²) in [6, 6.07) is 4.41. The lowest BCUT2D eigenvalue weighted by atomic mass is 10.0. The third-order valence-corrected chi connectivity index (χ3v) is 3.95. The number of aromatic nitrogens is 1. The third-order valence-electron chi connectivity index (χ3n) is 3.95. The van der Waals surface area contributed by atoms with E-state index in [1.54, 1.807) is 0 Å². The van der Waals surface area contributed by atoms with E-state index in [1.807, 2.05) is 19.3 Å². The summed E-state index contributed by atoms with van der Waals surface area (Å²) in [5.41, 5.74) is 1.23. The largest absolute Gasteiger partial charge is 0.371 e. The van der Waals surface area contributed by atoms with Crippen LogP contribution in [0.2, 0.25) is 0 Å². The van der Waals surface area contributed by atoms with Gasteiger partial charge in [-0.3, -0.25) is 9.78 Å². The van der Waals surface area contributed by atoms with Crippen LogP contribution >= 0.6 is 0 Å². The van der Waals surface area contributed by atoms with Gasteiger partial charge >= 0.3 is 0 Å². The van der Waals surface area contributed by atoms with Gasteiger partial charge in [-0.05, 0) is 38.3 Å². The van der Waals surface area contributed by atoms with Gasteiger partial charge in [-0.1, -0.05) is 6.92 Å². The van der Waals surface area contributed by atoms with Crippen LogP contribution < -0.4 is 15.5 Å². The quantitative estimate of drug-likeness (QED) is 0.835. The minimum absolute atomic E-state index is 0.105. The SMILES string of the molecule is CCCNC(=O)C(C)NC1CCN(c2ccncc2)CC1. The van der Waals surface area contributed by atoms with Crippen molar-refractivity contribution < 1.29 is 4.79 Å². The third kappa shape index (κ3) is 4.70. The van der Waals surface area contributed by atoms with E-state index >= 15 is 0 Å². The molecule has 1 atom stereocenters. The molecule has 0 spiro atoms. The van der Waals surface area contributed by atoms with Crippen molar-refractivity contribution in [1.29, 1.82) is 0 Å². The number of piperidine rings is 1. The lowest BCUT2D eigenvalue weighted by Gasteiger charge is -2.35. The van der Waals surface area contributed by atoms with Crippen LogP contribution in [0, 0.1) is 0 Å². The molecule has 2 rings (SSSR count). The van der Waals surface area contributed by atoms with Gasteiger partial charge in [0.2, 0.25) is 5.91 Å². The zero-order valence-corrected chi connectivity index (χ0v) is 13.0. The molecule has 1 amide bonds. The monoisotopic (exact) mass is 290 g/mol. The lowest BCUT2D eigenvalue weighted by molar-refractivity contribution is -0.122. The summed E-state index contributed by atoms with van der Waals surface area (Å²) >= 11 is 0. The van der Waals surface area contributed by atoms with Crippen LogP contribution in [0.5, 0.6) is 0 Å². The Bertz CT molecular complexity index is 429. The van der Waals surface area contributed by atoms with Crippen LogP contribution in [-0.2, 0) is 4.79 Å². The molecular formula is C16H26N4O. The van der Waals surface area contributed by atoms with Crippen LogP contribution in [0.15, 0.2) is 24.5 Å². The Kier molecular flexibility index (Phi) is 5.99. The van der Waals surface area contributed by atoms with Crippen molar-refractivity contribution in [3.05, 3.63) is 24.5 Å². The van der Waals surface area contributed by atoms with Gasteiger partial charge in [0.25, 0.3) is 0 Å². The number of nitrogens with zero attached hydrogens (tertiary/aromatic N) is 2. The van der Waals surface area contributed by atoms with Crippen LogP contribution in [0.1, 0.15) is 33.1 Å². The number of nitrogens with one attached hydrogen (secondary N) is 2. The molecule has 5 heteroatoms. The Labute approximate surface area is 127 Å². The molecule has 2 N–H and O–H groups in total. The molecule has 1 aromatic rings. The summed E-state index contributed by atoms with van der Waals surface area (Å²) in [6.45, 7) is 6.80. The predicted octanol–water partition coefficient (Wildman–Crippen LogP) is 1.55. The minimum Gasteiger partial charge on any atom is -0.371 e. The first-order valence-corrected chi connectivity index (χ1v) is 7.89. The number of hydrogen-bond donors (Lipinski definition) is 2. The summed E-state index contributed by atoms with van der Waals surface area (Å²) in [6.07, 6.45) is 6.77. The Morgan fingerprint density at radius 3 is 2.67 bits per heavy atom. The molecule has 0 saturated carbocycles. The molecule has 0 aromatic carbocycles. The van der Waals surface area contributed by atoms with Crippen LogP contribution in [0.3, 0.4) is 0 Å². The first-order valence-electron chi connectivity index (χ1n) is 7.89. The minimum atomic E-state index is -0.117. The highest BCUT2D eigenvalue weighted by molar-refractivity contribution is 5.81. The highest BCUT2D eigenvalue weighted by Crippen LogP contribution is 2.19. The second kappa shape index (κ2) is 7.98. The fourth-order valence-electron chi connectivity index (χ4n) is 2.69. The van der Waals surface area contributed by atoms with Crippen LogP contribution in [-0.4, -0.2) is 42.6 Å². The first kappa shape index (κ1) is 15.8. The topological polar surface area (TPSA) is 57.3 Å². The second-order valence-electron chi connectivity index (χ2n) is 5.65. The average molecular weight is 290 g/mol. The van der Waals surface area contributed by atoms with Crippen molar-refractivity contribution in [2.75, 3.05) is 24.5 Å². The van der Waals surface area contributed by atoms with Crippen molar-refractivity contribution in [2.45, 2.75) is 45.2 Å². The molecule has 1 fully saturated rings. The van der Waals surface area contributed by atoms with Gasteiger partial charge < -0.3 is 15.5 Å². The molecule has 1 aromatic heterocycles. The fraction of sp³-hybridized carbons (Fsp3) is 0.625. The predicted molar refractivity (Wildman–Crippen MR) is 85.4 cm³/mol. The van der Waals surface area contributed by atoms with E-state index in [4.69, 9.17) is 0 Å². The zero-order valence-electron chi connectivity index (χ0n) is 13.0. The summed E-state index contributed by atoms with van der Waals surface area (Å²) in [4.78, 5) is 18.3. The standard InChI is InChI=1S/C16H26N4O/c1-3-8-18-16(21)13(2)19-14-6-11-20(12-7-14)15-4-9-17-10-5-15/h4-5,9-10,13-14,19H,3,6-8,11-12H2,1-2H3,(H,18,21). The van der Waals surface area contributed by atoms with Crippen molar-refractivity contribution in [3.63, 3.8) is 0 Å². The number of amides is 1. The molecule has 1 unspecified atom stereocenters. The van der Waals surface area contributed by atoms with E-state index in [0.717, 1.165) is 38.9 Å². The van der Waals surface area contributed by atoms with E-state index in [-0.39, 0.29) is 11.9 Å². The summed E-state index contributed by atoms with van der Waals surface area (Å²) in [5.74, 6) is 0.105. The number of carbonyl (C=O) groups excluding carboxylic acids is 1. The van der Waals surface area contributed by atoms with E-state index in [9.17, 15) is 4.79 Å². The zero-order chi connectivity index (χ0) is 15.1. The number of hydrogen-bond acceptors (Lipinski definition) is 4. The van der Waals surface area contributed by atoms with Gasteiger partial charge in [-0.2, -0.15) is 0 Å². The summed E-state index contributed by atoms with van der Waals surface area (Å²) in [5, 5.41) is 6.39. The second-order valence-corrected chi connectivity index (χ2v) is 5.65. The van der Waals surface area contributed by atoms with Gasteiger partial charge in [0.05, 0.1) is 6.04 Å². The molecule has 21 heavy (non-hydrogen) atoms. The average Bonchev–Trinajstić information content (AvgIpc) is 2.54. The summed E-state index contributed by atoms with van der Waals surface area (Å²) in [7, 11) is 0. The van der Waals surface area contributed by atoms with Gasteiger partial charge in [0.15, 0.2) is 0 Å². The van der Waals surface area contributed by atoms with Gasteiger partial charge in [0.1, 0.15) is 0 Å². The van der Waals surface area contributed by atoms with Crippen molar-refractivity contribution in [1.82, 2.24) is 15.6 Å². The van der Waals surface area contributed by atoms with Crippen molar-refractivity contribution >= 4 is 11.6 Å². The van der Waals surface area contributed by atoms with E-state index in [1.165, 1.54) is 5.69 Å². The maximum atomic E-state index is 11.9. The number of rotatable bonds is 6. The molecule has 0 aliphatic carbocycles. The lowest BCUT2D eigenvalue weighted by Crippen LogP contribution is -2.50. The number of carbonyl (C=O) groups is 1. The Balaban J connectivity index is 1.75. The smallest absolute Gasteiger partial charge is 0.236 e. The van der Waals surface area contributed by atoms with Crippen LogP contribution in [0.4, 0.5) is 5.69 Å². The van der Waals surface area contributed by atoms with E-state index in [0.29, 0.717) is 6.04 Å². The van der Waals surface area contributed by atoms with Gasteiger partial charge in [-0.25, -0.2) is 0 Å². The number of anilines is 1. The Morgan fingerprint density at radius 1 is 1.38 bits per heavy atom. The highest BCUT2D eigenvalue weighted by Gasteiger charge is 2.22. The molecule has 116 valence electrons. The Hall–Kier alpha value is -1.62. The summed E-state index contributed by atoms with van der Waals surface area (Å²) < 4.78 is 0. The molecule has 1 saturated heterocycles. The normalized spacial score (nSPS) is 17.5. The first-order chi connectivity index (χ1) is 10.2. The molecule has 0 radical (unpaired) electrons.